The minimum Gasteiger partial charge on any atom is -0.493 e. The molecule has 0 aromatic heterocycles. The smallest absolute Gasteiger partial charge is 0.342 e. The van der Waals surface area contributed by atoms with Crippen LogP contribution in [0.4, 0.5) is 0 Å². The number of methoxy groups -OCH3 is 3. The number of esters is 1. The largest absolute Gasteiger partial charge is 0.493 e. The van der Waals surface area contributed by atoms with Gasteiger partial charge in [0.25, 0.3) is 5.91 Å². The molecular weight excluding hydrogens is 362 g/mol. The number of hydrogen-bond donors (Lipinski definition) is 0. The summed E-state index contributed by atoms with van der Waals surface area (Å²) >= 11 is 0. The molecule has 1 aromatic carbocycles. The summed E-state index contributed by atoms with van der Waals surface area (Å²) in [5, 5.41) is 0. The highest BCUT2D eigenvalue weighted by Gasteiger charge is 2.36. The topological polar surface area (TPSA) is 74.3 Å². The fourth-order valence-corrected chi connectivity index (χ4v) is 4.48. The first-order valence-electron chi connectivity index (χ1n) is 9.86. The molecule has 154 valence electrons. The maximum absolute atomic E-state index is 12.7. The highest BCUT2D eigenvalue weighted by molar-refractivity contribution is 5.95. The number of amides is 1. The molecule has 0 N–H and O–H groups in total. The molecule has 7 heteroatoms. The van der Waals surface area contributed by atoms with Gasteiger partial charge in [-0.05, 0) is 43.7 Å². The van der Waals surface area contributed by atoms with Crippen LogP contribution < -0.4 is 14.2 Å². The Morgan fingerprint density at radius 3 is 2.39 bits per heavy atom. The molecule has 0 spiro atoms. The number of rotatable bonds is 6. The van der Waals surface area contributed by atoms with E-state index in [2.05, 4.69) is 0 Å². The Morgan fingerprint density at radius 2 is 1.68 bits per heavy atom. The van der Waals surface area contributed by atoms with Crippen LogP contribution in [0, 0.1) is 5.92 Å². The van der Waals surface area contributed by atoms with E-state index in [-0.39, 0.29) is 23.8 Å². The Kier molecular flexibility index (Phi) is 6.65. The van der Waals surface area contributed by atoms with Crippen molar-refractivity contribution >= 4 is 11.9 Å². The Labute approximate surface area is 165 Å². The van der Waals surface area contributed by atoms with Gasteiger partial charge in [0.15, 0.2) is 18.1 Å². The lowest BCUT2D eigenvalue weighted by atomic mass is 9.78. The van der Waals surface area contributed by atoms with E-state index in [4.69, 9.17) is 18.9 Å². The van der Waals surface area contributed by atoms with Gasteiger partial charge in [0.2, 0.25) is 5.75 Å². The lowest BCUT2D eigenvalue weighted by Gasteiger charge is -2.44. The van der Waals surface area contributed by atoms with Crippen LogP contribution in [0.1, 0.15) is 48.9 Å². The van der Waals surface area contributed by atoms with Gasteiger partial charge < -0.3 is 23.8 Å². The van der Waals surface area contributed by atoms with Gasteiger partial charge in [0, 0.05) is 12.6 Å². The normalized spacial score (nSPS) is 21.5. The van der Waals surface area contributed by atoms with E-state index in [1.54, 1.807) is 12.1 Å². The summed E-state index contributed by atoms with van der Waals surface area (Å²) in [4.78, 5) is 27.3. The standard InChI is InChI=1S/C21H29NO6/c1-25-17-11-10-15(19(26-2)20(17)27-3)21(24)28-13-18(23)22-12-6-8-14-7-4-5-9-16(14)22/h10-11,14,16H,4-9,12-13H2,1-3H3/t14-,16-/m1/s1. The summed E-state index contributed by atoms with van der Waals surface area (Å²) in [5.74, 6) is 0.834. The first-order valence-corrected chi connectivity index (χ1v) is 9.86. The SMILES string of the molecule is COc1ccc(C(=O)OCC(=O)N2CCC[C@H]3CCCC[C@H]32)c(OC)c1OC. The van der Waals surface area contributed by atoms with Crippen molar-refractivity contribution in [2.75, 3.05) is 34.5 Å². The highest BCUT2D eigenvalue weighted by Crippen LogP contribution is 2.40. The van der Waals surface area contributed by atoms with E-state index in [9.17, 15) is 9.59 Å². The minimum atomic E-state index is -0.622. The average molecular weight is 391 g/mol. The number of benzene rings is 1. The van der Waals surface area contributed by atoms with Crippen LogP contribution in [-0.2, 0) is 9.53 Å². The van der Waals surface area contributed by atoms with Crippen LogP contribution in [0.5, 0.6) is 17.2 Å². The summed E-state index contributed by atoms with van der Waals surface area (Å²) in [6.45, 7) is 0.483. The molecule has 2 atom stereocenters. The maximum Gasteiger partial charge on any atom is 0.342 e. The number of hydrogen-bond acceptors (Lipinski definition) is 6. The molecule has 0 bridgehead atoms. The summed E-state index contributed by atoms with van der Waals surface area (Å²) < 4.78 is 21.2. The van der Waals surface area contributed by atoms with E-state index >= 15 is 0 Å². The molecule has 28 heavy (non-hydrogen) atoms. The minimum absolute atomic E-state index is 0.121. The molecule has 7 nitrogen and oxygen atoms in total. The second-order valence-corrected chi connectivity index (χ2v) is 7.30. The van der Waals surface area contributed by atoms with Crippen LogP contribution in [0.2, 0.25) is 0 Å². The third-order valence-electron chi connectivity index (χ3n) is 5.81. The van der Waals surface area contributed by atoms with Crippen molar-refractivity contribution < 1.29 is 28.5 Å². The van der Waals surface area contributed by atoms with Crippen molar-refractivity contribution in [1.82, 2.24) is 4.90 Å². The number of ether oxygens (including phenoxy) is 4. The van der Waals surface area contributed by atoms with Gasteiger partial charge >= 0.3 is 5.97 Å². The van der Waals surface area contributed by atoms with Gasteiger partial charge in [-0.3, -0.25) is 4.79 Å². The van der Waals surface area contributed by atoms with Crippen LogP contribution in [-0.4, -0.2) is 57.3 Å². The first kappa shape index (κ1) is 20.3. The monoisotopic (exact) mass is 391 g/mol. The van der Waals surface area contributed by atoms with Crippen molar-refractivity contribution in [2.24, 2.45) is 5.92 Å². The van der Waals surface area contributed by atoms with Crippen LogP contribution in [0.15, 0.2) is 12.1 Å². The average Bonchev–Trinajstić information content (AvgIpc) is 2.75. The van der Waals surface area contributed by atoms with Crippen molar-refractivity contribution in [1.29, 1.82) is 0 Å². The zero-order valence-corrected chi connectivity index (χ0v) is 16.9. The third kappa shape index (κ3) is 4.03. The van der Waals surface area contributed by atoms with Gasteiger partial charge in [-0.1, -0.05) is 12.8 Å². The van der Waals surface area contributed by atoms with E-state index in [0.717, 1.165) is 25.8 Å². The second-order valence-electron chi connectivity index (χ2n) is 7.30. The molecule has 2 fully saturated rings. The summed E-state index contributed by atoms with van der Waals surface area (Å²) in [6, 6.07) is 3.45. The van der Waals surface area contributed by atoms with Crippen LogP contribution in [0.3, 0.4) is 0 Å². The zero-order chi connectivity index (χ0) is 20.1. The molecule has 0 radical (unpaired) electrons. The Bertz CT molecular complexity index is 717. The van der Waals surface area contributed by atoms with Gasteiger partial charge in [-0.25, -0.2) is 4.79 Å². The third-order valence-corrected chi connectivity index (χ3v) is 5.81. The van der Waals surface area contributed by atoms with Gasteiger partial charge in [-0.15, -0.1) is 0 Å². The lowest BCUT2D eigenvalue weighted by Crippen LogP contribution is -2.50. The van der Waals surface area contributed by atoms with Gasteiger partial charge in [0.1, 0.15) is 5.56 Å². The Balaban J connectivity index is 1.67. The second kappa shape index (κ2) is 9.17. The lowest BCUT2D eigenvalue weighted by molar-refractivity contribution is -0.140. The van der Waals surface area contributed by atoms with E-state index in [0.29, 0.717) is 23.5 Å². The first-order chi connectivity index (χ1) is 13.6. The molecule has 1 aromatic rings. The van der Waals surface area contributed by atoms with Crippen molar-refractivity contribution in [2.45, 2.75) is 44.6 Å². The number of piperidine rings is 1. The summed E-state index contributed by atoms with van der Waals surface area (Å²) in [7, 11) is 4.41. The molecule has 3 rings (SSSR count). The molecule has 1 saturated heterocycles. The predicted octanol–water partition coefficient (Wildman–Crippen LogP) is 3.05. The van der Waals surface area contributed by atoms with Gasteiger partial charge in [-0.2, -0.15) is 0 Å². The Hall–Kier alpha value is -2.44. The van der Waals surface area contributed by atoms with Crippen molar-refractivity contribution in [3.05, 3.63) is 17.7 Å². The zero-order valence-electron chi connectivity index (χ0n) is 16.9. The fraction of sp³-hybridized carbons (Fsp3) is 0.619. The van der Waals surface area contributed by atoms with Crippen molar-refractivity contribution in [3.63, 3.8) is 0 Å². The number of carbonyl (C=O) groups excluding carboxylic acids is 2. The molecular formula is C21H29NO6. The number of carbonyl (C=O) groups is 2. The van der Waals surface area contributed by atoms with E-state index in [1.807, 2.05) is 4.90 Å². The number of likely N-dealkylation sites (tertiary alicyclic amines) is 1. The summed E-state index contributed by atoms with van der Waals surface area (Å²) in [6.07, 6.45) is 6.86. The van der Waals surface area contributed by atoms with Crippen LogP contribution in [0.25, 0.3) is 0 Å². The van der Waals surface area contributed by atoms with E-state index < -0.39 is 5.97 Å². The van der Waals surface area contributed by atoms with Crippen molar-refractivity contribution in [3.8, 4) is 17.2 Å². The Morgan fingerprint density at radius 1 is 0.964 bits per heavy atom. The van der Waals surface area contributed by atoms with Gasteiger partial charge in [0.05, 0.1) is 21.3 Å². The number of fused-ring (bicyclic) bond motifs is 1. The predicted molar refractivity (Wildman–Crippen MR) is 103 cm³/mol. The molecule has 1 aliphatic carbocycles. The molecule has 1 saturated carbocycles. The van der Waals surface area contributed by atoms with E-state index in [1.165, 1.54) is 40.6 Å². The fourth-order valence-electron chi connectivity index (χ4n) is 4.48. The molecule has 1 aliphatic heterocycles. The molecule has 0 unspecified atom stereocenters. The summed E-state index contributed by atoms with van der Waals surface area (Å²) in [5.41, 5.74) is 0.196. The molecule has 1 amide bonds. The highest BCUT2D eigenvalue weighted by atomic mass is 16.5. The quantitative estimate of drug-likeness (QED) is 0.694. The number of nitrogens with zero attached hydrogens (tertiary/aromatic N) is 1. The molecule has 1 heterocycles. The molecule has 2 aliphatic rings. The maximum atomic E-state index is 12.7. The van der Waals surface area contributed by atoms with Crippen LogP contribution >= 0.6 is 0 Å².